The minimum Gasteiger partial charge on any atom is -0.491 e. The lowest BCUT2D eigenvalue weighted by molar-refractivity contribution is -0.470. The maximum absolute atomic E-state index is 13.1. The van der Waals surface area contributed by atoms with Crippen molar-refractivity contribution in [2.75, 3.05) is 19.8 Å². The predicted octanol–water partition coefficient (Wildman–Crippen LogP) is 2.55. The Balaban J connectivity index is 1.73. The van der Waals surface area contributed by atoms with Crippen LogP contribution in [0.5, 0.6) is 5.75 Å². The molecule has 0 aromatic heterocycles. The fourth-order valence-corrected chi connectivity index (χ4v) is 4.09. The first-order chi connectivity index (χ1) is 16.3. The number of hydrogen-bond acceptors (Lipinski definition) is 11. The van der Waals surface area contributed by atoms with Gasteiger partial charge in [0.25, 0.3) is 11.6 Å². The van der Waals surface area contributed by atoms with Gasteiger partial charge in [0.1, 0.15) is 24.1 Å². The van der Waals surface area contributed by atoms with Crippen molar-refractivity contribution >= 4 is 17.6 Å². The Morgan fingerprint density at radius 2 is 2.11 bits per heavy atom. The van der Waals surface area contributed by atoms with Gasteiger partial charge in [0.2, 0.25) is 5.54 Å². The normalized spacial score (nSPS) is 25.3. The Morgan fingerprint density at radius 3 is 2.74 bits per heavy atom. The zero-order valence-corrected chi connectivity index (χ0v) is 20.1. The molecule has 12 heteroatoms. The molecule has 3 rings (SSSR count). The van der Waals surface area contributed by atoms with Gasteiger partial charge in [-0.3, -0.25) is 15.0 Å². The number of ether oxygens (including phenoxy) is 3. The molecule has 0 spiro atoms. The fourth-order valence-electron chi connectivity index (χ4n) is 4.09. The Bertz CT molecular complexity index is 1010. The first-order valence-electron chi connectivity index (χ1n) is 11.1. The summed E-state index contributed by atoms with van der Waals surface area (Å²) in [6.45, 7) is 10.2. The Kier molecular flexibility index (Phi) is 7.50. The minimum absolute atomic E-state index is 0.0839. The predicted molar refractivity (Wildman–Crippen MR) is 120 cm³/mol. The zero-order chi connectivity index (χ0) is 26.0. The van der Waals surface area contributed by atoms with Crippen LogP contribution in [0.15, 0.2) is 30.9 Å². The standard InChI is InChI=1S/C23H30N2O10/c1-6-17(26)16-9-8-15(25(29)30)14-18(16)31-12-13-32-22(5)24-11-7-10-23(24,20(28)34-35-22)19(27)33-21(2,3)4/h6,8-9,14,17,26H,1,7,10-13H2,2-5H3/t17?,22?,23-/m1/s1. The van der Waals surface area contributed by atoms with Crippen LogP contribution in [-0.2, 0) is 28.8 Å². The van der Waals surface area contributed by atoms with Gasteiger partial charge in [-0.15, -0.1) is 11.5 Å². The summed E-state index contributed by atoms with van der Waals surface area (Å²) in [6, 6.07) is 3.82. The number of esters is 1. The van der Waals surface area contributed by atoms with Crippen LogP contribution < -0.4 is 4.74 Å². The summed E-state index contributed by atoms with van der Waals surface area (Å²) in [5, 5.41) is 21.2. The van der Waals surface area contributed by atoms with E-state index in [1.807, 2.05) is 0 Å². The van der Waals surface area contributed by atoms with Crippen LogP contribution in [0.4, 0.5) is 5.69 Å². The number of aliphatic hydroxyl groups is 1. The number of rotatable bonds is 9. The van der Waals surface area contributed by atoms with Gasteiger partial charge in [0.05, 0.1) is 17.6 Å². The fraction of sp³-hybridized carbons (Fsp3) is 0.565. The number of nitrogens with zero attached hydrogens (tertiary/aromatic N) is 2. The van der Waals surface area contributed by atoms with Gasteiger partial charge in [-0.1, -0.05) is 6.08 Å². The van der Waals surface area contributed by atoms with Crippen LogP contribution in [0.25, 0.3) is 0 Å². The molecule has 2 saturated heterocycles. The molecule has 2 fully saturated rings. The second kappa shape index (κ2) is 9.90. The summed E-state index contributed by atoms with van der Waals surface area (Å²) >= 11 is 0. The molecule has 0 amide bonds. The first kappa shape index (κ1) is 26.5. The molecule has 35 heavy (non-hydrogen) atoms. The molecule has 1 aromatic carbocycles. The van der Waals surface area contributed by atoms with Crippen LogP contribution in [0, 0.1) is 10.1 Å². The van der Waals surface area contributed by atoms with E-state index in [0.29, 0.717) is 18.5 Å². The number of fused-ring (bicyclic) bond motifs is 1. The van der Waals surface area contributed by atoms with Gasteiger partial charge in [-0.25, -0.2) is 14.5 Å². The number of nitro benzene ring substituents is 1. The van der Waals surface area contributed by atoms with E-state index in [4.69, 9.17) is 24.0 Å². The average molecular weight is 494 g/mol. The quantitative estimate of drug-likeness (QED) is 0.103. The molecule has 1 aromatic rings. The molecule has 2 unspecified atom stereocenters. The van der Waals surface area contributed by atoms with Gasteiger partial charge in [-0.2, -0.15) is 0 Å². The van der Waals surface area contributed by atoms with Crippen LogP contribution in [0.3, 0.4) is 0 Å². The molecule has 0 bridgehead atoms. The molecule has 1 N–H and O–H groups in total. The highest BCUT2D eigenvalue weighted by Crippen LogP contribution is 2.43. The van der Waals surface area contributed by atoms with E-state index in [1.165, 1.54) is 36.1 Å². The molecule has 0 saturated carbocycles. The topological polar surface area (TPSA) is 147 Å². The summed E-state index contributed by atoms with van der Waals surface area (Å²) in [4.78, 5) is 47.9. The number of carbonyl (C=O) groups is 2. The van der Waals surface area contributed by atoms with Crippen LogP contribution in [-0.4, -0.2) is 63.7 Å². The molecule has 3 atom stereocenters. The maximum atomic E-state index is 13.1. The summed E-state index contributed by atoms with van der Waals surface area (Å²) in [7, 11) is 0. The average Bonchev–Trinajstić information content (AvgIpc) is 3.26. The monoisotopic (exact) mass is 494 g/mol. The third-order valence-corrected chi connectivity index (χ3v) is 5.68. The van der Waals surface area contributed by atoms with E-state index >= 15 is 0 Å². The second-order valence-electron chi connectivity index (χ2n) is 9.33. The first-order valence-corrected chi connectivity index (χ1v) is 11.1. The lowest BCUT2D eigenvalue weighted by Gasteiger charge is -2.47. The molecule has 192 valence electrons. The van der Waals surface area contributed by atoms with E-state index in [0.717, 1.165) is 0 Å². The highest BCUT2D eigenvalue weighted by atomic mass is 17.2. The molecule has 0 aliphatic carbocycles. The molecule has 2 aliphatic rings. The number of carbonyl (C=O) groups excluding carboxylic acids is 2. The molecule has 0 radical (unpaired) electrons. The van der Waals surface area contributed by atoms with Gasteiger partial charge in [-0.05, 0) is 39.7 Å². The summed E-state index contributed by atoms with van der Waals surface area (Å²) in [6.07, 6.45) is 0.850. The molecular formula is C23H30N2O10. The number of aliphatic hydroxyl groups excluding tert-OH is 1. The van der Waals surface area contributed by atoms with Gasteiger partial charge >= 0.3 is 11.9 Å². The SMILES string of the molecule is C=CC(O)c1ccc([N+](=O)[O-])cc1OCCOC1(C)OOC(=O)[C@]2(C(=O)OC(C)(C)C)CCCN12. The zero-order valence-electron chi connectivity index (χ0n) is 20.1. The molecule has 2 heterocycles. The van der Waals surface area contributed by atoms with Crippen LogP contribution in [0.2, 0.25) is 0 Å². The van der Waals surface area contributed by atoms with Gasteiger partial charge in [0, 0.05) is 25.1 Å². The third kappa shape index (κ3) is 5.30. The Hall–Kier alpha value is -3.06. The van der Waals surface area contributed by atoms with Gasteiger partial charge < -0.3 is 19.3 Å². The molecular weight excluding hydrogens is 464 g/mol. The van der Waals surface area contributed by atoms with Crippen molar-refractivity contribution in [3.05, 3.63) is 46.5 Å². The lowest BCUT2D eigenvalue weighted by atomic mass is 9.95. The number of nitro groups is 1. The summed E-state index contributed by atoms with van der Waals surface area (Å²) < 4.78 is 17.0. The highest BCUT2D eigenvalue weighted by Gasteiger charge is 2.67. The Morgan fingerprint density at radius 1 is 1.40 bits per heavy atom. The van der Waals surface area contributed by atoms with Crippen LogP contribution in [0.1, 0.15) is 52.2 Å². The van der Waals surface area contributed by atoms with Crippen molar-refractivity contribution in [1.82, 2.24) is 4.90 Å². The van der Waals surface area contributed by atoms with E-state index in [1.54, 1.807) is 20.8 Å². The minimum atomic E-state index is -1.71. The largest absolute Gasteiger partial charge is 0.491 e. The molecule has 12 nitrogen and oxygen atoms in total. The molecule has 2 aliphatic heterocycles. The van der Waals surface area contributed by atoms with E-state index in [9.17, 15) is 24.8 Å². The number of hydrogen-bond donors (Lipinski definition) is 1. The number of benzene rings is 1. The van der Waals surface area contributed by atoms with E-state index < -0.39 is 40.0 Å². The van der Waals surface area contributed by atoms with E-state index in [-0.39, 0.29) is 31.1 Å². The number of non-ortho nitro benzene ring substituents is 1. The van der Waals surface area contributed by atoms with Crippen molar-refractivity contribution in [3.8, 4) is 5.75 Å². The Labute approximate surface area is 202 Å². The summed E-state index contributed by atoms with van der Waals surface area (Å²) in [5.74, 6) is -3.15. The van der Waals surface area contributed by atoms with Gasteiger partial charge in [0.15, 0.2) is 0 Å². The lowest BCUT2D eigenvalue weighted by Crippen LogP contribution is -2.70. The van der Waals surface area contributed by atoms with Crippen LogP contribution >= 0.6 is 0 Å². The maximum Gasteiger partial charge on any atom is 0.374 e. The third-order valence-electron chi connectivity index (χ3n) is 5.68. The highest BCUT2D eigenvalue weighted by molar-refractivity contribution is 6.05. The van der Waals surface area contributed by atoms with Crippen molar-refractivity contribution in [3.63, 3.8) is 0 Å². The van der Waals surface area contributed by atoms with Crippen molar-refractivity contribution in [2.45, 2.75) is 63.7 Å². The summed E-state index contributed by atoms with van der Waals surface area (Å²) in [5.41, 5.74) is -2.45. The smallest absolute Gasteiger partial charge is 0.374 e. The van der Waals surface area contributed by atoms with Crippen molar-refractivity contribution in [1.29, 1.82) is 0 Å². The van der Waals surface area contributed by atoms with E-state index in [2.05, 4.69) is 6.58 Å². The second-order valence-corrected chi connectivity index (χ2v) is 9.33. The van der Waals surface area contributed by atoms with Crippen molar-refractivity contribution < 1.29 is 43.6 Å². The van der Waals surface area contributed by atoms with Crippen molar-refractivity contribution in [2.24, 2.45) is 0 Å².